The smallest absolute Gasteiger partial charge is 0.354 e. The van der Waals surface area contributed by atoms with Gasteiger partial charge in [0, 0.05) is 17.8 Å². The van der Waals surface area contributed by atoms with Crippen molar-refractivity contribution >= 4 is 17.7 Å². The minimum atomic E-state index is -1.10. The molecule has 0 spiro atoms. The van der Waals surface area contributed by atoms with Gasteiger partial charge < -0.3 is 25.4 Å². The summed E-state index contributed by atoms with van der Waals surface area (Å²) < 4.78 is 0. The SMILES string of the molecule is Cc1cc(NC(=O)N2C3CCC2CC(O)C3)c(C(=O)O)[nH]1. The van der Waals surface area contributed by atoms with E-state index in [2.05, 4.69) is 10.3 Å². The molecule has 2 aliphatic rings. The molecule has 0 radical (unpaired) electrons. The minimum absolute atomic E-state index is 0.00904. The summed E-state index contributed by atoms with van der Waals surface area (Å²) in [6, 6.07) is 1.43. The molecule has 2 amide bonds. The molecule has 2 fully saturated rings. The molecule has 3 heterocycles. The Kier molecular flexibility index (Phi) is 3.36. The number of carboxylic acid groups (broad SMARTS) is 1. The van der Waals surface area contributed by atoms with Crippen LogP contribution < -0.4 is 5.32 Å². The van der Waals surface area contributed by atoms with Gasteiger partial charge in [-0.05, 0) is 38.7 Å². The van der Waals surface area contributed by atoms with E-state index in [0.29, 0.717) is 18.5 Å². The van der Waals surface area contributed by atoms with E-state index in [1.807, 2.05) is 0 Å². The Bertz CT molecular complexity index is 569. The lowest BCUT2D eigenvalue weighted by molar-refractivity contribution is 0.0580. The third-order valence-electron chi connectivity index (χ3n) is 4.35. The van der Waals surface area contributed by atoms with Crippen LogP contribution in [0.5, 0.6) is 0 Å². The van der Waals surface area contributed by atoms with E-state index in [4.69, 9.17) is 5.11 Å². The third kappa shape index (κ3) is 2.49. The average Bonchev–Trinajstić information content (AvgIpc) is 2.88. The van der Waals surface area contributed by atoms with Crippen LogP contribution in [0.1, 0.15) is 41.9 Å². The first kappa shape index (κ1) is 13.9. The Morgan fingerprint density at radius 2 is 1.95 bits per heavy atom. The Hall–Kier alpha value is -2.02. The maximum absolute atomic E-state index is 12.4. The van der Waals surface area contributed by atoms with Crippen LogP contribution in [0, 0.1) is 6.92 Å². The van der Waals surface area contributed by atoms with Gasteiger partial charge in [0.25, 0.3) is 0 Å². The maximum atomic E-state index is 12.4. The number of hydrogen-bond acceptors (Lipinski definition) is 3. The molecule has 2 aliphatic heterocycles. The van der Waals surface area contributed by atoms with E-state index < -0.39 is 5.97 Å². The number of amides is 2. The number of piperidine rings is 1. The number of aromatic amines is 1. The van der Waals surface area contributed by atoms with Gasteiger partial charge in [0.15, 0.2) is 0 Å². The highest BCUT2D eigenvalue weighted by molar-refractivity contribution is 5.99. The van der Waals surface area contributed by atoms with Crippen LogP contribution >= 0.6 is 0 Å². The van der Waals surface area contributed by atoms with Gasteiger partial charge in [-0.15, -0.1) is 0 Å². The number of urea groups is 1. The number of fused-ring (bicyclic) bond motifs is 2. The second-order valence-electron chi connectivity index (χ2n) is 5.89. The Morgan fingerprint density at radius 3 is 2.52 bits per heavy atom. The van der Waals surface area contributed by atoms with Gasteiger partial charge in [-0.2, -0.15) is 0 Å². The van der Waals surface area contributed by atoms with Crippen molar-refractivity contribution in [1.82, 2.24) is 9.88 Å². The predicted octanol–water partition coefficient (Wildman–Crippen LogP) is 1.54. The summed E-state index contributed by atoms with van der Waals surface area (Å²) in [6.07, 6.45) is 2.65. The number of hydrogen-bond donors (Lipinski definition) is 4. The molecular weight excluding hydrogens is 274 g/mol. The number of aryl methyl sites for hydroxylation is 1. The van der Waals surface area contributed by atoms with Gasteiger partial charge in [-0.25, -0.2) is 9.59 Å². The minimum Gasteiger partial charge on any atom is -0.477 e. The van der Waals surface area contributed by atoms with Crippen molar-refractivity contribution < 1.29 is 19.8 Å². The predicted molar refractivity (Wildman–Crippen MR) is 75.4 cm³/mol. The standard InChI is InChI=1S/C14H19N3O4/c1-7-4-11(12(15-7)13(19)20)16-14(21)17-8-2-3-9(17)6-10(18)5-8/h4,8-10,15,18H,2-3,5-6H2,1H3,(H,16,21)(H,19,20). The third-order valence-corrected chi connectivity index (χ3v) is 4.35. The maximum Gasteiger partial charge on any atom is 0.354 e. The molecule has 7 nitrogen and oxygen atoms in total. The molecule has 4 N–H and O–H groups in total. The summed E-state index contributed by atoms with van der Waals surface area (Å²) in [7, 11) is 0. The molecule has 1 aromatic heterocycles. The Labute approximate surface area is 121 Å². The second-order valence-corrected chi connectivity index (χ2v) is 5.89. The lowest BCUT2D eigenvalue weighted by atomic mass is 10.0. The Morgan fingerprint density at radius 1 is 1.33 bits per heavy atom. The highest BCUT2D eigenvalue weighted by atomic mass is 16.4. The molecule has 0 aliphatic carbocycles. The quantitative estimate of drug-likeness (QED) is 0.663. The van der Waals surface area contributed by atoms with Gasteiger partial charge in [0.1, 0.15) is 5.69 Å². The highest BCUT2D eigenvalue weighted by Crippen LogP contribution is 2.36. The van der Waals surface area contributed by atoms with Gasteiger partial charge in [0.05, 0.1) is 11.8 Å². The summed E-state index contributed by atoms with van der Waals surface area (Å²) in [5.74, 6) is -1.10. The summed E-state index contributed by atoms with van der Waals surface area (Å²) in [5, 5.41) is 21.6. The summed E-state index contributed by atoms with van der Waals surface area (Å²) in [6.45, 7) is 1.74. The number of anilines is 1. The van der Waals surface area contributed by atoms with Crippen molar-refractivity contribution in [2.45, 2.75) is 50.8 Å². The average molecular weight is 293 g/mol. The monoisotopic (exact) mass is 293 g/mol. The van der Waals surface area contributed by atoms with Crippen LogP contribution in [0.25, 0.3) is 0 Å². The second kappa shape index (κ2) is 5.07. The number of nitrogens with zero attached hydrogens (tertiary/aromatic N) is 1. The summed E-state index contributed by atoms with van der Waals surface area (Å²) in [4.78, 5) is 28.1. The molecule has 1 aromatic rings. The van der Waals surface area contributed by atoms with E-state index in [-0.39, 0.29) is 35.6 Å². The van der Waals surface area contributed by atoms with E-state index in [9.17, 15) is 14.7 Å². The van der Waals surface area contributed by atoms with Crippen molar-refractivity contribution in [2.75, 3.05) is 5.32 Å². The van der Waals surface area contributed by atoms with Gasteiger partial charge in [0.2, 0.25) is 0 Å². The van der Waals surface area contributed by atoms with Crippen LogP contribution in [-0.2, 0) is 0 Å². The fraction of sp³-hybridized carbons (Fsp3) is 0.571. The van der Waals surface area contributed by atoms with Crippen molar-refractivity contribution in [3.8, 4) is 0 Å². The zero-order chi connectivity index (χ0) is 15.1. The number of rotatable bonds is 2. The number of H-pyrrole nitrogens is 1. The van der Waals surface area contributed by atoms with Gasteiger partial charge >= 0.3 is 12.0 Å². The normalized spacial score (nSPS) is 27.7. The lowest BCUT2D eigenvalue weighted by Gasteiger charge is -2.37. The van der Waals surface area contributed by atoms with E-state index >= 15 is 0 Å². The number of aromatic carboxylic acids is 1. The first-order valence-electron chi connectivity index (χ1n) is 7.16. The summed E-state index contributed by atoms with van der Waals surface area (Å²) >= 11 is 0. The molecule has 3 rings (SSSR count). The van der Waals surface area contributed by atoms with Crippen molar-refractivity contribution in [2.24, 2.45) is 0 Å². The van der Waals surface area contributed by atoms with Gasteiger partial charge in [-0.1, -0.05) is 0 Å². The molecule has 0 saturated carbocycles. The molecule has 2 bridgehead atoms. The Balaban J connectivity index is 1.77. The zero-order valence-electron chi connectivity index (χ0n) is 11.8. The van der Waals surface area contributed by atoms with E-state index in [1.54, 1.807) is 17.9 Å². The molecule has 114 valence electrons. The lowest BCUT2D eigenvalue weighted by Crippen LogP contribution is -2.49. The number of carboxylic acids is 1. The topological polar surface area (TPSA) is 106 Å². The van der Waals surface area contributed by atoms with Crippen LogP contribution in [0.4, 0.5) is 10.5 Å². The molecular formula is C14H19N3O4. The van der Waals surface area contributed by atoms with Gasteiger partial charge in [-0.3, -0.25) is 0 Å². The first-order chi connectivity index (χ1) is 9.95. The highest BCUT2D eigenvalue weighted by Gasteiger charge is 2.43. The molecule has 0 aromatic carbocycles. The number of aromatic nitrogens is 1. The molecule has 2 atom stereocenters. The molecule has 7 heteroatoms. The number of carbonyl (C=O) groups excluding carboxylic acids is 1. The van der Waals surface area contributed by atoms with E-state index in [0.717, 1.165) is 12.8 Å². The van der Waals surface area contributed by atoms with Crippen LogP contribution in [0.3, 0.4) is 0 Å². The fourth-order valence-corrected chi connectivity index (χ4v) is 3.52. The number of aliphatic hydroxyl groups is 1. The van der Waals surface area contributed by atoms with Crippen LogP contribution in [0.15, 0.2) is 6.07 Å². The number of carbonyl (C=O) groups is 2. The molecule has 2 unspecified atom stereocenters. The molecule has 2 saturated heterocycles. The number of aliphatic hydroxyl groups excluding tert-OH is 1. The zero-order valence-corrected chi connectivity index (χ0v) is 11.8. The van der Waals surface area contributed by atoms with Crippen molar-refractivity contribution in [3.63, 3.8) is 0 Å². The van der Waals surface area contributed by atoms with Crippen molar-refractivity contribution in [1.29, 1.82) is 0 Å². The fourth-order valence-electron chi connectivity index (χ4n) is 3.52. The van der Waals surface area contributed by atoms with E-state index in [1.165, 1.54) is 0 Å². The van der Waals surface area contributed by atoms with Crippen LogP contribution in [0.2, 0.25) is 0 Å². The van der Waals surface area contributed by atoms with Crippen LogP contribution in [-0.4, -0.2) is 50.3 Å². The number of nitrogens with one attached hydrogen (secondary N) is 2. The first-order valence-corrected chi connectivity index (χ1v) is 7.16. The largest absolute Gasteiger partial charge is 0.477 e. The summed E-state index contributed by atoms with van der Waals surface area (Å²) in [5.41, 5.74) is 0.959. The van der Waals surface area contributed by atoms with Crippen molar-refractivity contribution in [3.05, 3.63) is 17.5 Å². The molecule has 21 heavy (non-hydrogen) atoms.